The van der Waals surface area contributed by atoms with Crippen LogP contribution in [0.2, 0.25) is 0 Å². The lowest BCUT2D eigenvalue weighted by Crippen LogP contribution is -2.20. The number of hydrogen-bond donors (Lipinski definition) is 2. The van der Waals surface area contributed by atoms with Gasteiger partial charge in [0.15, 0.2) is 0 Å². The van der Waals surface area contributed by atoms with Gasteiger partial charge in [-0.2, -0.15) is 0 Å². The molecule has 2 aromatic carbocycles. The van der Waals surface area contributed by atoms with Gasteiger partial charge in [-0.05, 0) is 66.0 Å². The molecule has 104 valence electrons. The van der Waals surface area contributed by atoms with E-state index in [4.69, 9.17) is 0 Å². The molecule has 0 saturated carbocycles. The van der Waals surface area contributed by atoms with Gasteiger partial charge in [-0.15, -0.1) is 0 Å². The van der Waals surface area contributed by atoms with Crippen LogP contribution in [-0.2, 0) is 0 Å². The lowest BCUT2D eigenvalue weighted by atomic mass is 10.1. The molecule has 0 saturated heterocycles. The first kappa shape index (κ1) is 14.6. The van der Waals surface area contributed by atoms with Crippen LogP contribution in [0.5, 0.6) is 0 Å². The molecule has 2 aromatic rings. The lowest BCUT2D eigenvalue weighted by molar-refractivity contribution is 0.262. The highest BCUT2D eigenvalue weighted by atomic mass is 79.9. The molecule has 0 spiro atoms. The maximum atomic E-state index is 12.0. The van der Waals surface area contributed by atoms with Crippen molar-refractivity contribution in [2.24, 2.45) is 0 Å². The monoisotopic (exact) mass is 332 g/mol. The van der Waals surface area contributed by atoms with Crippen LogP contribution >= 0.6 is 15.9 Å². The topological polar surface area (TPSA) is 41.1 Å². The fraction of sp³-hybridized carbons (Fsp3) is 0.188. The molecule has 2 amide bonds. The van der Waals surface area contributed by atoms with Crippen LogP contribution in [0, 0.1) is 20.8 Å². The van der Waals surface area contributed by atoms with Crippen molar-refractivity contribution in [3.63, 3.8) is 0 Å². The molecule has 0 radical (unpaired) electrons. The van der Waals surface area contributed by atoms with Crippen molar-refractivity contribution < 1.29 is 4.79 Å². The van der Waals surface area contributed by atoms with Gasteiger partial charge in [0.2, 0.25) is 0 Å². The summed E-state index contributed by atoms with van der Waals surface area (Å²) >= 11 is 3.44. The third-order valence-corrected chi connectivity index (χ3v) is 3.66. The van der Waals surface area contributed by atoms with Gasteiger partial charge in [-0.1, -0.05) is 23.8 Å². The Bertz CT molecular complexity index is 597. The first-order valence-electron chi connectivity index (χ1n) is 6.37. The second-order valence-electron chi connectivity index (χ2n) is 4.88. The summed E-state index contributed by atoms with van der Waals surface area (Å²) in [6, 6.07) is 11.5. The highest BCUT2D eigenvalue weighted by Crippen LogP contribution is 2.24. The normalized spacial score (nSPS) is 10.2. The minimum Gasteiger partial charge on any atom is -0.307 e. The third-order valence-electron chi connectivity index (χ3n) is 3.00. The van der Waals surface area contributed by atoms with E-state index in [9.17, 15) is 4.79 Å². The number of aryl methyl sites for hydroxylation is 3. The number of anilines is 2. The van der Waals surface area contributed by atoms with Gasteiger partial charge in [0, 0.05) is 10.2 Å². The van der Waals surface area contributed by atoms with E-state index in [2.05, 4.69) is 26.6 Å². The number of nitrogens with one attached hydrogen (secondary N) is 2. The van der Waals surface area contributed by atoms with Crippen LogP contribution in [-0.4, -0.2) is 6.03 Å². The molecule has 0 aliphatic rings. The number of hydrogen-bond acceptors (Lipinski definition) is 1. The number of urea groups is 1. The molecule has 20 heavy (non-hydrogen) atoms. The second-order valence-corrected chi connectivity index (χ2v) is 5.74. The minimum atomic E-state index is -0.249. The van der Waals surface area contributed by atoms with Crippen LogP contribution in [0.25, 0.3) is 0 Å². The van der Waals surface area contributed by atoms with Gasteiger partial charge < -0.3 is 10.6 Å². The predicted molar refractivity (Wildman–Crippen MR) is 87.4 cm³/mol. The number of rotatable bonds is 2. The summed E-state index contributed by atoms with van der Waals surface area (Å²) in [6.07, 6.45) is 0. The Kier molecular flexibility index (Phi) is 4.45. The van der Waals surface area contributed by atoms with Gasteiger partial charge in [0.05, 0.1) is 5.69 Å². The van der Waals surface area contributed by atoms with Crippen LogP contribution in [0.15, 0.2) is 40.9 Å². The Morgan fingerprint density at radius 3 is 2.05 bits per heavy atom. The van der Waals surface area contributed by atoms with Crippen molar-refractivity contribution in [1.29, 1.82) is 0 Å². The molecule has 4 heteroatoms. The van der Waals surface area contributed by atoms with Crippen molar-refractivity contribution in [3.8, 4) is 0 Å². The number of benzene rings is 2. The molecule has 2 rings (SSSR count). The first-order valence-corrected chi connectivity index (χ1v) is 7.16. The molecule has 0 fully saturated rings. The number of carbonyl (C=O) groups is 1. The highest BCUT2D eigenvalue weighted by molar-refractivity contribution is 9.10. The Morgan fingerprint density at radius 1 is 0.900 bits per heavy atom. The highest BCUT2D eigenvalue weighted by Gasteiger charge is 2.07. The van der Waals surface area contributed by atoms with Crippen molar-refractivity contribution in [2.75, 3.05) is 10.6 Å². The maximum absolute atomic E-state index is 12.0. The average molecular weight is 333 g/mol. The molecule has 3 nitrogen and oxygen atoms in total. The van der Waals surface area contributed by atoms with E-state index in [-0.39, 0.29) is 6.03 Å². The van der Waals surface area contributed by atoms with E-state index < -0.39 is 0 Å². The Hall–Kier alpha value is -1.81. The largest absolute Gasteiger partial charge is 0.323 e. The van der Waals surface area contributed by atoms with Crippen molar-refractivity contribution in [3.05, 3.63) is 57.6 Å². The second kappa shape index (κ2) is 6.09. The van der Waals surface area contributed by atoms with Crippen LogP contribution in [0.1, 0.15) is 16.7 Å². The van der Waals surface area contributed by atoms with Crippen molar-refractivity contribution in [1.82, 2.24) is 0 Å². The summed E-state index contributed by atoms with van der Waals surface area (Å²) in [7, 11) is 0. The summed E-state index contributed by atoms with van der Waals surface area (Å²) in [5.41, 5.74) is 4.92. The molecular formula is C16H17BrN2O. The van der Waals surface area contributed by atoms with Gasteiger partial charge in [0.1, 0.15) is 0 Å². The van der Waals surface area contributed by atoms with Gasteiger partial charge in [-0.3, -0.25) is 0 Å². The van der Waals surface area contributed by atoms with Gasteiger partial charge >= 0.3 is 6.03 Å². The molecule has 0 heterocycles. The van der Waals surface area contributed by atoms with Crippen molar-refractivity contribution in [2.45, 2.75) is 20.8 Å². The maximum Gasteiger partial charge on any atom is 0.323 e. The van der Waals surface area contributed by atoms with E-state index in [1.165, 1.54) is 5.56 Å². The van der Waals surface area contributed by atoms with Gasteiger partial charge in [-0.25, -0.2) is 4.79 Å². The molecule has 0 unspecified atom stereocenters. The molecule has 2 N–H and O–H groups in total. The fourth-order valence-corrected chi connectivity index (χ4v) is 2.54. The molecular weight excluding hydrogens is 316 g/mol. The van der Waals surface area contributed by atoms with E-state index in [0.717, 1.165) is 27.0 Å². The van der Waals surface area contributed by atoms with E-state index in [1.807, 2.05) is 57.2 Å². The van der Waals surface area contributed by atoms with Crippen LogP contribution in [0.4, 0.5) is 16.2 Å². The zero-order valence-corrected chi connectivity index (χ0v) is 13.3. The quantitative estimate of drug-likeness (QED) is 0.796. The first-order chi connectivity index (χ1) is 9.45. The standard InChI is InChI=1S/C16H17BrN2O/c1-10-4-6-14(12(3)8-10)18-16(20)19-15-7-5-11(2)9-13(15)17/h4-9H,1-3H3,(H2,18,19,20). The molecule has 0 bridgehead atoms. The summed E-state index contributed by atoms with van der Waals surface area (Å²) in [5, 5.41) is 5.69. The lowest BCUT2D eigenvalue weighted by Gasteiger charge is -2.11. The number of halogens is 1. The van der Waals surface area contributed by atoms with Gasteiger partial charge in [0.25, 0.3) is 0 Å². The minimum absolute atomic E-state index is 0.249. The Morgan fingerprint density at radius 2 is 1.45 bits per heavy atom. The summed E-state index contributed by atoms with van der Waals surface area (Å²) in [6.45, 7) is 6.01. The Balaban J connectivity index is 2.09. The SMILES string of the molecule is Cc1ccc(NC(=O)Nc2ccc(C)cc2Br)c(C)c1. The summed E-state index contributed by atoms with van der Waals surface area (Å²) in [4.78, 5) is 12.0. The van der Waals surface area contributed by atoms with Crippen molar-refractivity contribution >= 4 is 33.3 Å². The van der Waals surface area contributed by atoms with E-state index in [0.29, 0.717) is 0 Å². The molecule has 0 aliphatic carbocycles. The smallest absolute Gasteiger partial charge is 0.307 e. The zero-order chi connectivity index (χ0) is 14.7. The predicted octanol–water partition coefficient (Wildman–Crippen LogP) is 5.02. The summed E-state index contributed by atoms with van der Waals surface area (Å²) in [5.74, 6) is 0. The fourth-order valence-electron chi connectivity index (χ4n) is 1.95. The average Bonchev–Trinajstić information content (AvgIpc) is 2.36. The van der Waals surface area contributed by atoms with Crippen LogP contribution < -0.4 is 10.6 Å². The van der Waals surface area contributed by atoms with E-state index in [1.54, 1.807) is 0 Å². The number of carbonyl (C=O) groups excluding carboxylic acids is 1. The molecule has 0 aromatic heterocycles. The van der Waals surface area contributed by atoms with E-state index >= 15 is 0 Å². The Labute approximate surface area is 127 Å². The molecule has 0 atom stereocenters. The summed E-state index contributed by atoms with van der Waals surface area (Å²) < 4.78 is 0.869. The number of amides is 2. The van der Waals surface area contributed by atoms with Crippen LogP contribution in [0.3, 0.4) is 0 Å². The zero-order valence-electron chi connectivity index (χ0n) is 11.8. The molecule has 0 aliphatic heterocycles. The third kappa shape index (κ3) is 3.61.